The van der Waals surface area contributed by atoms with Gasteiger partial charge in [0.05, 0.1) is 13.7 Å². The molecule has 6 heteroatoms. The van der Waals surface area contributed by atoms with E-state index in [1.54, 1.807) is 26.5 Å². The third-order valence-electron chi connectivity index (χ3n) is 3.45. The van der Waals surface area contributed by atoms with E-state index >= 15 is 0 Å². The molecule has 19 heavy (non-hydrogen) atoms. The summed E-state index contributed by atoms with van der Waals surface area (Å²) in [6, 6.07) is 2.22. The molecule has 1 aliphatic rings. The zero-order chi connectivity index (χ0) is 13.7. The number of hydrogen-bond acceptors (Lipinski definition) is 6. The van der Waals surface area contributed by atoms with Gasteiger partial charge in [0.2, 0.25) is 11.8 Å². The van der Waals surface area contributed by atoms with Gasteiger partial charge in [0.25, 0.3) is 0 Å². The van der Waals surface area contributed by atoms with Gasteiger partial charge in [0.1, 0.15) is 0 Å². The average molecular weight is 266 g/mol. The highest BCUT2D eigenvalue weighted by Gasteiger charge is 2.22. The molecule has 1 atom stereocenters. The van der Waals surface area contributed by atoms with Gasteiger partial charge in [-0.3, -0.25) is 4.90 Å². The third kappa shape index (κ3) is 3.54. The number of anilines is 1. The lowest BCUT2D eigenvalue weighted by Crippen LogP contribution is -2.51. The highest BCUT2D eigenvalue weighted by Crippen LogP contribution is 2.15. The van der Waals surface area contributed by atoms with Gasteiger partial charge >= 0.3 is 0 Å². The maximum atomic E-state index is 5.20. The van der Waals surface area contributed by atoms with E-state index in [0.717, 1.165) is 38.7 Å². The van der Waals surface area contributed by atoms with Gasteiger partial charge in [0, 0.05) is 51.6 Å². The monoisotopic (exact) mass is 266 g/mol. The Hall–Kier alpha value is -1.40. The van der Waals surface area contributed by atoms with Crippen LogP contribution in [0.1, 0.15) is 6.92 Å². The fourth-order valence-electron chi connectivity index (χ4n) is 2.31. The van der Waals surface area contributed by atoms with Crippen molar-refractivity contribution in [3.8, 4) is 5.88 Å². The molecule has 1 fully saturated rings. The van der Waals surface area contributed by atoms with Crippen molar-refractivity contribution >= 4 is 5.95 Å². The van der Waals surface area contributed by atoms with Crippen LogP contribution in [0.25, 0.3) is 0 Å². The summed E-state index contributed by atoms with van der Waals surface area (Å²) >= 11 is 0. The standard InChI is InChI=1S/C13H22N4O2/c1-11(10-18-2)16-6-8-17(9-7-16)13-14-5-4-12(15-13)19-3/h4-5,11H,6-10H2,1-3H3. The van der Waals surface area contributed by atoms with E-state index in [-0.39, 0.29) is 0 Å². The predicted molar refractivity (Wildman–Crippen MR) is 73.7 cm³/mol. The quantitative estimate of drug-likeness (QED) is 0.779. The summed E-state index contributed by atoms with van der Waals surface area (Å²) < 4.78 is 10.3. The van der Waals surface area contributed by atoms with Crippen LogP contribution in [0.4, 0.5) is 5.95 Å². The van der Waals surface area contributed by atoms with Crippen molar-refractivity contribution < 1.29 is 9.47 Å². The summed E-state index contributed by atoms with van der Waals surface area (Å²) in [5.41, 5.74) is 0. The maximum absolute atomic E-state index is 5.20. The highest BCUT2D eigenvalue weighted by molar-refractivity contribution is 5.32. The normalized spacial score (nSPS) is 18.4. The molecule has 0 aromatic carbocycles. The van der Waals surface area contributed by atoms with Crippen LogP contribution in [-0.4, -0.2) is 67.9 Å². The van der Waals surface area contributed by atoms with Gasteiger partial charge in [0.15, 0.2) is 0 Å². The van der Waals surface area contributed by atoms with Gasteiger partial charge in [-0.25, -0.2) is 4.98 Å². The highest BCUT2D eigenvalue weighted by atomic mass is 16.5. The molecule has 2 heterocycles. The second kappa shape index (κ2) is 6.68. The van der Waals surface area contributed by atoms with Gasteiger partial charge in [-0.15, -0.1) is 0 Å². The van der Waals surface area contributed by atoms with E-state index in [1.165, 1.54) is 0 Å². The Morgan fingerprint density at radius 2 is 2.00 bits per heavy atom. The van der Waals surface area contributed by atoms with Gasteiger partial charge in [-0.2, -0.15) is 4.98 Å². The lowest BCUT2D eigenvalue weighted by molar-refractivity contribution is 0.0951. The molecule has 1 aliphatic heterocycles. The number of methoxy groups -OCH3 is 2. The van der Waals surface area contributed by atoms with Crippen molar-refractivity contribution in [3.63, 3.8) is 0 Å². The Labute approximate surface area is 114 Å². The SMILES string of the molecule is COCC(C)N1CCN(c2nccc(OC)n2)CC1. The molecule has 0 amide bonds. The fraction of sp³-hybridized carbons (Fsp3) is 0.692. The molecule has 106 valence electrons. The Morgan fingerprint density at radius 1 is 1.26 bits per heavy atom. The summed E-state index contributed by atoms with van der Waals surface area (Å²) in [6.45, 7) is 6.84. The first-order valence-corrected chi connectivity index (χ1v) is 6.59. The summed E-state index contributed by atoms with van der Waals surface area (Å²) in [4.78, 5) is 13.3. The van der Waals surface area contributed by atoms with Crippen molar-refractivity contribution in [1.29, 1.82) is 0 Å². The van der Waals surface area contributed by atoms with E-state index in [0.29, 0.717) is 11.9 Å². The Bertz CT molecular complexity index is 394. The Morgan fingerprint density at radius 3 is 2.63 bits per heavy atom. The van der Waals surface area contributed by atoms with Crippen LogP contribution in [0.15, 0.2) is 12.3 Å². The van der Waals surface area contributed by atoms with Gasteiger partial charge in [-0.05, 0) is 6.92 Å². The minimum absolute atomic E-state index is 0.457. The first-order valence-electron chi connectivity index (χ1n) is 6.59. The van der Waals surface area contributed by atoms with Gasteiger partial charge < -0.3 is 14.4 Å². The molecule has 0 saturated carbocycles. The van der Waals surface area contributed by atoms with Gasteiger partial charge in [-0.1, -0.05) is 0 Å². The minimum Gasteiger partial charge on any atom is -0.481 e. The minimum atomic E-state index is 0.457. The number of hydrogen-bond donors (Lipinski definition) is 0. The summed E-state index contributed by atoms with van der Waals surface area (Å²) in [5, 5.41) is 0. The summed E-state index contributed by atoms with van der Waals surface area (Å²) in [5.74, 6) is 1.36. The number of aromatic nitrogens is 2. The van der Waals surface area contributed by atoms with Crippen LogP contribution in [0.5, 0.6) is 5.88 Å². The largest absolute Gasteiger partial charge is 0.481 e. The zero-order valence-corrected chi connectivity index (χ0v) is 11.9. The lowest BCUT2D eigenvalue weighted by atomic mass is 10.2. The van der Waals surface area contributed by atoms with Crippen LogP contribution >= 0.6 is 0 Å². The fourth-order valence-corrected chi connectivity index (χ4v) is 2.31. The molecular weight excluding hydrogens is 244 g/mol. The average Bonchev–Trinajstić information content (AvgIpc) is 2.48. The molecule has 0 radical (unpaired) electrons. The molecule has 0 N–H and O–H groups in total. The van der Waals surface area contributed by atoms with Crippen LogP contribution in [-0.2, 0) is 4.74 Å². The molecule has 1 saturated heterocycles. The molecule has 1 aromatic rings. The predicted octanol–water partition coefficient (Wildman–Crippen LogP) is 0.642. The van der Waals surface area contributed by atoms with E-state index in [2.05, 4.69) is 26.7 Å². The summed E-state index contributed by atoms with van der Waals surface area (Å²) in [6.07, 6.45) is 1.74. The van der Waals surface area contributed by atoms with E-state index in [9.17, 15) is 0 Å². The second-order valence-electron chi connectivity index (χ2n) is 4.73. The Kier molecular flexibility index (Phi) is 4.93. The van der Waals surface area contributed by atoms with Crippen molar-refractivity contribution in [2.45, 2.75) is 13.0 Å². The number of piperazine rings is 1. The summed E-state index contributed by atoms with van der Waals surface area (Å²) in [7, 11) is 3.37. The van der Waals surface area contributed by atoms with E-state index < -0.39 is 0 Å². The third-order valence-corrected chi connectivity index (χ3v) is 3.45. The molecule has 6 nitrogen and oxygen atoms in total. The van der Waals surface area contributed by atoms with Crippen molar-refractivity contribution in [3.05, 3.63) is 12.3 Å². The Balaban J connectivity index is 1.92. The van der Waals surface area contributed by atoms with Crippen molar-refractivity contribution in [2.24, 2.45) is 0 Å². The zero-order valence-electron chi connectivity index (χ0n) is 11.9. The lowest BCUT2D eigenvalue weighted by Gasteiger charge is -2.37. The van der Waals surface area contributed by atoms with Crippen molar-refractivity contribution in [2.75, 3.05) is 51.9 Å². The molecule has 1 aromatic heterocycles. The molecular formula is C13H22N4O2. The molecule has 1 unspecified atom stereocenters. The number of nitrogens with zero attached hydrogens (tertiary/aromatic N) is 4. The molecule has 0 spiro atoms. The maximum Gasteiger partial charge on any atom is 0.228 e. The smallest absolute Gasteiger partial charge is 0.228 e. The van der Waals surface area contributed by atoms with Crippen LogP contribution in [0.2, 0.25) is 0 Å². The number of rotatable bonds is 5. The van der Waals surface area contributed by atoms with E-state index in [1.807, 2.05) is 0 Å². The van der Waals surface area contributed by atoms with Crippen LogP contribution in [0, 0.1) is 0 Å². The molecule has 0 bridgehead atoms. The molecule has 2 rings (SSSR count). The van der Waals surface area contributed by atoms with Crippen LogP contribution in [0.3, 0.4) is 0 Å². The second-order valence-corrected chi connectivity index (χ2v) is 4.73. The first kappa shape index (κ1) is 14.0. The first-order chi connectivity index (χ1) is 9.24. The topological polar surface area (TPSA) is 50.7 Å². The van der Waals surface area contributed by atoms with Crippen LogP contribution < -0.4 is 9.64 Å². The van der Waals surface area contributed by atoms with Crippen molar-refractivity contribution in [1.82, 2.24) is 14.9 Å². The van der Waals surface area contributed by atoms with E-state index in [4.69, 9.17) is 9.47 Å². The molecule has 0 aliphatic carbocycles. The number of ether oxygens (including phenoxy) is 2.